The molecule has 27 heavy (non-hydrogen) atoms. The van der Waals surface area contributed by atoms with Gasteiger partial charge in [0.15, 0.2) is 0 Å². The number of hydrogen-bond acceptors (Lipinski definition) is 4. The molecule has 0 aliphatic heterocycles. The minimum atomic E-state index is -0.342. The van der Waals surface area contributed by atoms with E-state index in [9.17, 15) is 9.18 Å². The highest BCUT2D eigenvalue weighted by atomic mass is 19.1. The molecule has 2 N–H and O–H groups in total. The molecule has 0 unspecified atom stereocenters. The Morgan fingerprint density at radius 2 is 1.96 bits per heavy atom. The van der Waals surface area contributed by atoms with Gasteiger partial charge in [0.05, 0.1) is 7.11 Å². The summed E-state index contributed by atoms with van der Waals surface area (Å²) in [5.74, 6) is 0.732. The summed E-state index contributed by atoms with van der Waals surface area (Å²) in [5.41, 5.74) is 2.07. The Labute approximate surface area is 157 Å². The van der Waals surface area contributed by atoms with E-state index in [1.54, 1.807) is 31.4 Å². The van der Waals surface area contributed by atoms with Crippen molar-refractivity contribution in [1.82, 2.24) is 10.3 Å². The van der Waals surface area contributed by atoms with Gasteiger partial charge in [0.25, 0.3) is 5.91 Å². The van der Waals surface area contributed by atoms with Crippen molar-refractivity contribution in [2.75, 3.05) is 19.0 Å². The third-order valence-electron chi connectivity index (χ3n) is 3.99. The molecule has 1 amide bonds. The minimum Gasteiger partial charge on any atom is -0.496 e. The van der Waals surface area contributed by atoms with Crippen molar-refractivity contribution in [2.45, 2.75) is 6.42 Å². The van der Waals surface area contributed by atoms with Crippen LogP contribution < -0.4 is 15.4 Å². The quantitative estimate of drug-likeness (QED) is 0.666. The average molecular weight is 365 g/mol. The van der Waals surface area contributed by atoms with Crippen LogP contribution in [0.15, 0.2) is 66.9 Å². The number of carbonyl (C=O) groups excluding carboxylic acids is 1. The van der Waals surface area contributed by atoms with E-state index in [2.05, 4.69) is 15.6 Å². The third kappa shape index (κ3) is 5.04. The summed E-state index contributed by atoms with van der Waals surface area (Å²) >= 11 is 0. The Bertz CT molecular complexity index is 931. The fourth-order valence-electron chi connectivity index (χ4n) is 2.68. The van der Waals surface area contributed by atoms with E-state index < -0.39 is 0 Å². The van der Waals surface area contributed by atoms with E-state index in [0.717, 1.165) is 11.3 Å². The standard InChI is InChI=1S/C21H20FN3O2/c1-27-19-8-3-2-5-15(19)9-12-24-21(26)16-10-11-23-20(13-16)25-18-7-4-6-17(22)14-18/h2-8,10-11,13-14H,9,12H2,1H3,(H,23,25)(H,24,26). The van der Waals surface area contributed by atoms with E-state index in [4.69, 9.17) is 4.74 Å². The monoisotopic (exact) mass is 365 g/mol. The lowest BCUT2D eigenvalue weighted by Gasteiger charge is -2.10. The molecule has 3 rings (SSSR count). The summed E-state index contributed by atoms with van der Waals surface area (Å²) in [6.45, 7) is 0.480. The van der Waals surface area contributed by atoms with Crippen LogP contribution in [0.5, 0.6) is 5.75 Å². The molecule has 0 saturated carbocycles. The summed E-state index contributed by atoms with van der Waals surface area (Å²) in [4.78, 5) is 16.6. The summed E-state index contributed by atoms with van der Waals surface area (Å²) in [6.07, 6.45) is 2.20. The highest BCUT2D eigenvalue weighted by Crippen LogP contribution is 2.18. The zero-order valence-corrected chi connectivity index (χ0v) is 14.9. The largest absolute Gasteiger partial charge is 0.496 e. The van der Waals surface area contributed by atoms with Gasteiger partial charge in [-0.3, -0.25) is 4.79 Å². The zero-order chi connectivity index (χ0) is 19.1. The summed E-state index contributed by atoms with van der Waals surface area (Å²) < 4.78 is 18.6. The maximum atomic E-state index is 13.3. The van der Waals surface area contributed by atoms with Gasteiger partial charge in [-0.15, -0.1) is 0 Å². The van der Waals surface area contributed by atoms with Crippen molar-refractivity contribution in [3.05, 3.63) is 83.8 Å². The van der Waals surface area contributed by atoms with E-state index >= 15 is 0 Å². The lowest BCUT2D eigenvalue weighted by molar-refractivity contribution is 0.0954. The Morgan fingerprint density at radius 3 is 2.78 bits per heavy atom. The molecule has 1 heterocycles. The second kappa shape index (κ2) is 8.80. The first-order valence-electron chi connectivity index (χ1n) is 8.54. The van der Waals surface area contributed by atoms with E-state index in [1.165, 1.54) is 18.3 Å². The van der Waals surface area contributed by atoms with Gasteiger partial charge in [0, 0.05) is 24.0 Å². The number of methoxy groups -OCH3 is 1. The van der Waals surface area contributed by atoms with Crippen LogP contribution in [0.4, 0.5) is 15.9 Å². The molecule has 0 saturated heterocycles. The molecule has 5 nitrogen and oxygen atoms in total. The molecule has 0 atom stereocenters. The number of anilines is 2. The first-order chi connectivity index (χ1) is 13.2. The smallest absolute Gasteiger partial charge is 0.251 e. The van der Waals surface area contributed by atoms with E-state index in [-0.39, 0.29) is 11.7 Å². The molecule has 0 aliphatic rings. The molecular formula is C21H20FN3O2. The third-order valence-corrected chi connectivity index (χ3v) is 3.99. The second-order valence-corrected chi connectivity index (χ2v) is 5.88. The maximum Gasteiger partial charge on any atom is 0.251 e. The predicted octanol–water partition coefficient (Wildman–Crippen LogP) is 3.95. The molecule has 138 valence electrons. The highest BCUT2D eigenvalue weighted by molar-refractivity contribution is 5.94. The van der Waals surface area contributed by atoms with Gasteiger partial charge < -0.3 is 15.4 Å². The number of amides is 1. The Kier molecular flexibility index (Phi) is 5.99. The number of hydrogen-bond donors (Lipinski definition) is 2. The van der Waals surface area contributed by atoms with Crippen molar-refractivity contribution < 1.29 is 13.9 Å². The van der Waals surface area contributed by atoms with Crippen molar-refractivity contribution in [3.63, 3.8) is 0 Å². The number of benzene rings is 2. The maximum absolute atomic E-state index is 13.3. The number of pyridine rings is 1. The van der Waals surface area contributed by atoms with Gasteiger partial charge in [-0.2, -0.15) is 0 Å². The van der Waals surface area contributed by atoms with Crippen LogP contribution in [0.25, 0.3) is 0 Å². The molecule has 2 aromatic carbocycles. The second-order valence-electron chi connectivity index (χ2n) is 5.88. The Morgan fingerprint density at radius 1 is 1.11 bits per heavy atom. The summed E-state index contributed by atoms with van der Waals surface area (Å²) in [7, 11) is 1.63. The topological polar surface area (TPSA) is 63.2 Å². The van der Waals surface area contributed by atoms with Crippen LogP contribution in [0.2, 0.25) is 0 Å². The molecule has 6 heteroatoms. The highest BCUT2D eigenvalue weighted by Gasteiger charge is 2.08. The fourth-order valence-corrected chi connectivity index (χ4v) is 2.68. The molecule has 0 aliphatic carbocycles. The van der Waals surface area contributed by atoms with Crippen molar-refractivity contribution in [2.24, 2.45) is 0 Å². The number of carbonyl (C=O) groups is 1. The van der Waals surface area contributed by atoms with Gasteiger partial charge >= 0.3 is 0 Å². The van der Waals surface area contributed by atoms with Crippen LogP contribution in [0.3, 0.4) is 0 Å². The lowest BCUT2D eigenvalue weighted by Crippen LogP contribution is -2.25. The number of rotatable bonds is 7. The zero-order valence-electron chi connectivity index (χ0n) is 14.9. The molecule has 0 fully saturated rings. The molecule has 0 spiro atoms. The first kappa shape index (κ1) is 18.4. The predicted molar refractivity (Wildman–Crippen MR) is 103 cm³/mol. The van der Waals surface area contributed by atoms with Crippen molar-refractivity contribution in [3.8, 4) is 5.75 Å². The van der Waals surface area contributed by atoms with Gasteiger partial charge in [0.2, 0.25) is 0 Å². The lowest BCUT2D eigenvalue weighted by atomic mass is 10.1. The van der Waals surface area contributed by atoms with E-state index in [1.807, 2.05) is 24.3 Å². The summed E-state index contributed by atoms with van der Waals surface area (Å²) in [6, 6.07) is 17.0. The number of nitrogens with zero attached hydrogens (tertiary/aromatic N) is 1. The van der Waals surface area contributed by atoms with Crippen molar-refractivity contribution >= 4 is 17.4 Å². The first-order valence-corrected chi connectivity index (χ1v) is 8.54. The molecule has 1 aromatic heterocycles. The van der Waals surface area contributed by atoms with Crippen molar-refractivity contribution in [1.29, 1.82) is 0 Å². The number of aromatic nitrogens is 1. The number of halogens is 1. The van der Waals surface area contributed by atoms with E-state index in [0.29, 0.717) is 30.0 Å². The van der Waals surface area contributed by atoms with Crippen LogP contribution in [0, 0.1) is 5.82 Å². The van der Waals surface area contributed by atoms with Gasteiger partial charge in [-0.1, -0.05) is 24.3 Å². The summed E-state index contributed by atoms with van der Waals surface area (Å²) in [5, 5.41) is 5.88. The molecule has 0 radical (unpaired) electrons. The number of ether oxygens (including phenoxy) is 1. The Hall–Kier alpha value is -3.41. The van der Waals surface area contributed by atoms with Crippen LogP contribution in [-0.4, -0.2) is 24.5 Å². The molecule has 0 bridgehead atoms. The minimum absolute atomic E-state index is 0.199. The van der Waals surface area contributed by atoms with Crippen LogP contribution >= 0.6 is 0 Å². The molecular weight excluding hydrogens is 345 g/mol. The fraction of sp³-hybridized carbons (Fsp3) is 0.143. The normalized spacial score (nSPS) is 10.3. The average Bonchev–Trinajstić information content (AvgIpc) is 2.68. The van der Waals surface area contributed by atoms with Crippen LogP contribution in [-0.2, 0) is 6.42 Å². The number of nitrogens with one attached hydrogen (secondary N) is 2. The van der Waals surface area contributed by atoms with Gasteiger partial charge in [-0.05, 0) is 48.4 Å². The SMILES string of the molecule is COc1ccccc1CCNC(=O)c1ccnc(Nc2cccc(F)c2)c1. The Balaban J connectivity index is 1.60. The van der Waals surface area contributed by atoms with Crippen LogP contribution in [0.1, 0.15) is 15.9 Å². The van der Waals surface area contributed by atoms with Gasteiger partial charge in [-0.25, -0.2) is 9.37 Å². The van der Waals surface area contributed by atoms with Gasteiger partial charge in [0.1, 0.15) is 17.4 Å². The molecule has 3 aromatic rings. The number of para-hydroxylation sites is 1.